The molecule has 0 amide bonds. The number of benzene rings is 3. The summed E-state index contributed by atoms with van der Waals surface area (Å²) in [6.45, 7) is 0. The summed E-state index contributed by atoms with van der Waals surface area (Å²) in [5, 5.41) is 48.6. The van der Waals surface area contributed by atoms with Crippen molar-refractivity contribution in [2.45, 2.75) is 152 Å². The fraction of sp³-hybridized carbons (Fsp3) is 0.542. The fourth-order valence-corrected chi connectivity index (χ4v) is 11.4. The van der Waals surface area contributed by atoms with Crippen LogP contribution in [-0.4, -0.2) is 26.5 Å². The minimum Gasteiger partial charge on any atom is -0.507 e. The summed E-state index contributed by atoms with van der Waals surface area (Å²) in [5.41, 5.74) is 11.5. The topological polar surface area (TPSA) is 80.9 Å². The number of phenols is 3. The third-order valence-electron chi connectivity index (χ3n) is 14.3. The highest BCUT2D eigenvalue weighted by Gasteiger charge is 2.33. The molecule has 6 aliphatic rings. The second kappa shape index (κ2) is 14.4. The number of hydrogen-bond acceptors (Lipinski definition) is 4. The van der Waals surface area contributed by atoms with Crippen LogP contribution in [0.4, 0.5) is 0 Å². The van der Waals surface area contributed by atoms with Gasteiger partial charge in [-0.05, 0) is 149 Å². The van der Waals surface area contributed by atoms with E-state index in [2.05, 4.69) is 48.6 Å². The third-order valence-corrected chi connectivity index (χ3v) is 14.3. The molecule has 4 fully saturated rings. The molecule has 0 aromatic heterocycles. The summed E-state index contributed by atoms with van der Waals surface area (Å²) in [6.07, 6.45) is 25.2. The van der Waals surface area contributed by atoms with E-state index in [1.807, 2.05) is 0 Å². The molecule has 6 aliphatic carbocycles. The van der Waals surface area contributed by atoms with Crippen molar-refractivity contribution in [3.05, 3.63) is 110 Å². The van der Waals surface area contributed by atoms with E-state index in [0.717, 1.165) is 51.8 Å². The number of phenolic OH excluding ortho intramolecular Hbond substituents is 3. The van der Waals surface area contributed by atoms with E-state index >= 15 is 0 Å². The normalized spacial score (nSPS) is 24.8. The van der Waals surface area contributed by atoms with Gasteiger partial charge in [0, 0.05) is 18.8 Å². The monoisotopic (exact) mass is 698 g/mol. The molecule has 9 rings (SSSR count). The summed E-state index contributed by atoms with van der Waals surface area (Å²) in [4.78, 5) is 0. The Labute approximate surface area is 310 Å². The predicted octanol–water partition coefficient (Wildman–Crippen LogP) is 11.1. The number of hydrogen-bond donors (Lipinski definition) is 4. The average molecular weight is 699 g/mol. The molecule has 4 heteroatoms. The third kappa shape index (κ3) is 6.63. The Morgan fingerprint density at radius 2 is 0.769 bits per heavy atom. The number of aromatic hydroxyl groups is 3. The van der Waals surface area contributed by atoms with Crippen molar-refractivity contribution in [3.8, 4) is 17.2 Å². The second-order valence-corrected chi connectivity index (χ2v) is 17.7. The number of allylic oxidation sites excluding steroid dienone is 2. The van der Waals surface area contributed by atoms with Crippen LogP contribution in [0.5, 0.6) is 17.2 Å². The van der Waals surface area contributed by atoms with Crippen LogP contribution in [0, 0.1) is 11.8 Å². The van der Waals surface area contributed by atoms with Gasteiger partial charge in [-0.1, -0.05) is 99.9 Å². The molecule has 3 aromatic rings. The van der Waals surface area contributed by atoms with Crippen molar-refractivity contribution in [2.24, 2.45) is 11.8 Å². The van der Waals surface area contributed by atoms with E-state index in [1.165, 1.54) is 112 Å². The van der Waals surface area contributed by atoms with Crippen molar-refractivity contribution in [2.75, 3.05) is 0 Å². The molecule has 3 aromatic carbocycles. The lowest BCUT2D eigenvalue weighted by atomic mass is 9.77. The van der Waals surface area contributed by atoms with E-state index in [4.69, 9.17) is 0 Å². The maximum Gasteiger partial charge on any atom is 0.122 e. The van der Waals surface area contributed by atoms with Crippen LogP contribution in [0.25, 0.3) is 0 Å². The molecule has 0 unspecified atom stereocenters. The Balaban J connectivity index is 1.23. The zero-order chi connectivity index (χ0) is 35.3. The van der Waals surface area contributed by atoms with Crippen LogP contribution >= 0.6 is 0 Å². The lowest BCUT2D eigenvalue weighted by molar-refractivity contribution is 0.158. The minimum absolute atomic E-state index is 0.161. The average Bonchev–Trinajstić information content (AvgIpc) is 3.99. The van der Waals surface area contributed by atoms with Gasteiger partial charge >= 0.3 is 0 Å². The summed E-state index contributed by atoms with van der Waals surface area (Å²) < 4.78 is 0. The van der Waals surface area contributed by atoms with Gasteiger partial charge in [0.1, 0.15) is 17.2 Å². The first-order valence-electron chi connectivity index (χ1n) is 21.0. The molecule has 4 N–H and O–H groups in total. The molecule has 52 heavy (non-hydrogen) atoms. The van der Waals surface area contributed by atoms with Gasteiger partial charge < -0.3 is 20.4 Å². The largest absolute Gasteiger partial charge is 0.507 e. The molecule has 0 spiro atoms. The first kappa shape index (κ1) is 34.3. The smallest absolute Gasteiger partial charge is 0.122 e. The number of rotatable bonds is 4. The van der Waals surface area contributed by atoms with Gasteiger partial charge in [0.05, 0.1) is 6.10 Å². The lowest BCUT2D eigenvalue weighted by Crippen LogP contribution is -2.28. The van der Waals surface area contributed by atoms with E-state index < -0.39 is 6.10 Å². The van der Waals surface area contributed by atoms with E-state index in [-0.39, 0.29) is 5.92 Å². The van der Waals surface area contributed by atoms with Gasteiger partial charge in [-0.3, -0.25) is 0 Å². The molecule has 274 valence electrons. The van der Waals surface area contributed by atoms with Crippen LogP contribution in [0.2, 0.25) is 0 Å². The molecular formula is C48H58O4. The van der Waals surface area contributed by atoms with Crippen molar-refractivity contribution >= 4 is 0 Å². The Bertz CT molecular complexity index is 1870. The SMILES string of the molecule is Oc1c2cc(C3CCCC3)cc1Cc1cc(C3CCCC3)cc(c1O)Cc1cc(C3CCCC3)cc(c1O)C[C@H]1C=C(C3CCCC3)C=C(C2)[C@H]1O. The Hall–Kier alpha value is -3.50. The van der Waals surface area contributed by atoms with Gasteiger partial charge in [-0.25, -0.2) is 0 Å². The number of fused-ring (bicyclic) bond motifs is 8. The molecule has 0 aliphatic heterocycles. The molecule has 4 nitrogen and oxygen atoms in total. The molecule has 4 saturated carbocycles. The summed E-state index contributed by atoms with van der Waals surface area (Å²) in [6, 6.07) is 13.4. The molecular weight excluding hydrogens is 641 g/mol. The summed E-state index contributed by atoms with van der Waals surface area (Å²) in [5.74, 6) is 2.71. The molecule has 8 bridgehead atoms. The molecule has 0 heterocycles. The first-order chi connectivity index (χ1) is 25.4. The molecule has 0 saturated heterocycles. The summed E-state index contributed by atoms with van der Waals surface area (Å²) >= 11 is 0. The molecule has 0 radical (unpaired) electrons. The van der Waals surface area contributed by atoms with E-state index in [9.17, 15) is 20.4 Å². The van der Waals surface area contributed by atoms with Crippen LogP contribution in [0.15, 0.2) is 59.7 Å². The lowest BCUT2D eigenvalue weighted by Gasteiger charge is -2.31. The van der Waals surface area contributed by atoms with Crippen LogP contribution in [0.3, 0.4) is 0 Å². The Kier molecular flexibility index (Phi) is 9.48. The van der Waals surface area contributed by atoms with Crippen LogP contribution in [-0.2, 0) is 25.7 Å². The molecule has 2 atom stereocenters. The maximum atomic E-state index is 12.2. The fourth-order valence-electron chi connectivity index (χ4n) is 11.4. The highest BCUT2D eigenvalue weighted by molar-refractivity contribution is 5.56. The Morgan fingerprint density at radius 1 is 0.423 bits per heavy atom. The second-order valence-electron chi connectivity index (χ2n) is 17.7. The van der Waals surface area contributed by atoms with Gasteiger partial charge in [-0.2, -0.15) is 0 Å². The quantitative estimate of drug-likeness (QED) is 0.219. The van der Waals surface area contributed by atoms with Gasteiger partial charge in [0.2, 0.25) is 0 Å². The standard InChI is InChI=1S/C48H58O4/c49-45-37-17-33(29-9-1-2-10-29)18-38(45)26-40-20-35(31-13-5-6-14-31)22-42(47(40)51)28-44-24-36(32-15-7-8-16-32)23-43(48(44)52)27-41-21-34(30-11-3-4-12-30)19-39(25-37)46(41)50/h17-24,29-32,37,45,49-52H,1-16,25-28H2/t37-,45+/m1/s1. The number of aliphatic hydroxyl groups excluding tert-OH is 1. The number of aliphatic hydroxyl groups is 1. The zero-order valence-electron chi connectivity index (χ0n) is 31.0. The summed E-state index contributed by atoms with van der Waals surface area (Å²) in [7, 11) is 0. The van der Waals surface area contributed by atoms with Crippen molar-refractivity contribution in [1.82, 2.24) is 0 Å². The van der Waals surface area contributed by atoms with Gasteiger partial charge in [0.25, 0.3) is 0 Å². The van der Waals surface area contributed by atoms with Gasteiger partial charge in [-0.15, -0.1) is 0 Å². The highest BCUT2D eigenvalue weighted by atomic mass is 16.3. The van der Waals surface area contributed by atoms with Crippen molar-refractivity contribution in [1.29, 1.82) is 0 Å². The van der Waals surface area contributed by atoms with Crippen LogP contribution in [0.1, 0.15) is 171 Å². The maximum absolute atomic E-state index is 12.2. The highest BCUT2D eigenvalue weighted by Crippen LogP contribution is 2.46. The zero-order valence-corrected chi connectivity index (χ0v) is 31.0. The van der Waals surface area contributed by atoms with Crippen molar-refractivity contribution in [3.63, 3.8) is 0 Å². The van der Waals surface area contributed by atoms with Crippen molar-refractivity contribution < 1.29 is 20.4 Å². The van der Waals surface area contributed by atoms with Crippen LogP contribution < -0.4 is 0 Å². The van der Waals surface area contributed by atoms with E-state index in [1.54, 1.807) is 0 Å². The Morgan fingerprint density at radius 3 is 1.19 bits per heavy atom. The first-order valence-corrected chi connectivity index (χ1v) is 21.0. The van der Waals surface area contributed by atoms with Gasteiger partial charge in [0.15, 0.2) is 0 Å². The predicted molar refractivity (Wildman–Crippen MR) is 209 cm³/mol. The minimum atomic E-state index is -0.695. The van der Waals surface area contributed by atoms with E-state index in [0.29, 0.717) is 66.6 Å².